The molecule has 0 N–H and O–H groups in total. The molecule has 0 atom stereocenters. The summed E-state index contributed by atoms with van der Waals surface area (Å²) in [5, 5.41) is 1.61. The van der Waals surface area contributed by atoms with E-state index in [1.165, 1.54) is 16.7 Å². The van der Waals surface area contributed by atoms with Gasteiger partial charge in [-0.05, 0) is 18.2 Å². The lowest BCUT2D eigenvalue weighted by Crippen LogP contribution is -2.23. The van der Waals surface area contributed by atoms with Gasteiger partial charge in [0, 0.05) is 24.0 Å². The lowest BCUT2D eigenvalue weighted by Gasteiger charge is -2.14. The number of amides is 1. The molecule has 3 rings (SSSR count). The number of thioether (sulfide) groups is 2. The van der Waals surface area contributed by atoms with Crippen LogP contribution in [0, 0.1) is 0 Å². The molecular formula is C12H9ClN2OS3. The van der Waals surface area contributed by atoms with E-state index in [1.807, 2.05) is 30.1 Å². The lowest BCUT2D eigenvalue weighted by atomic mass is 10.3. The number of rotatable bonds is 0. The molecule has 19 heavy (non-hydrogen) atoms. The zero-order valence-corrected chi connectivity index (χ0v) is 13.3. The summed E-state index contributed by atoms with van der Waals surface area (Å²) < 4.78 is 0.593. The van der Waals surface area contributed by atoms with Crippen molar-refractivity contribution in [1.82, 2.24) is 4.90 Å². The Morgan fingerprint density at radius 2 is 1.95 bits per heavy atom. The first-order valence-corrected chi connectivity index (χ1v) is 7.86. The Morgan fingerprint density at radius 1 is 1.21 bits per heavy atom. The third-order valence-corrected chi connectivity index (χ3v) is 6.10. The maximum Gasteiger partial charge on any atom is 0.268 e. The number of hydrogen-bond acceptors (Lipinski definition) is 5. The van der Waals surface area contributed by atoms with E-state index in [0.717, 1.165) is 15.6 Å². The first kappa shape index (κ1) is 13.3. The summed E-state index contributed by atoms with van der Waals surface area (Å²) in [7, 11) is 3.64. The van der Waals surface area contributed by atoms with Gasteiger partial charge in [0.25, 0.3) is 5.91 Å². The normalized spacial score (nSPS) is 22.5. The summed E-state index contributed by atoms with van der Waals surface area (Å²) in [5.41, 5.74) is 1.02. The lowest BCUT2D eigenvalue weighted by molar-refractivity contribution is -0.121. The van der Waals surface area contributed by atoms with Gasteiger partial charge in [-0.3, -0.25) is 9.69 Å². The van der Waals surface area contributed by atoms with Gasteiger partial charge in [0.15, 0.2) is 0 Å². The molecule has 0 spiro atoms. The number of hydrogen-bond donors (Lipinski definition) is 0. The van der Waals surface area contributed by atoms with Gasteiger partial charge in [0.2, 0.25) is 0 Å². The second-order valence-corrected chi connectivity index (χ2v) is 7.25. The van der Waals surface area contributed by atoms with Crippen molar-refractivity contribution >= 4 is 63.3 Å². The van der Waals surface area contributed by atoms with Crippen molar-refractivity contribution in [2.24, 2.45) is 0 Å². The Hall–Kier alpha value is -0.690. The molecule has 0 saturated carbocycles. The average molecular weight is 329 g/mol. The highest BCUT2D eigenvalue weighted by molar-refractivity contribution is 8.27. The van der Waals surface area contributed by atoms with Crippen LogP contribution < -0.4 is 4.90 Å². The molecule has 0 radical (unpaired) electrons. The maximum atomic E-state index is 12.2. The predicted octanol–water partition coefficient (Wildman–Crippen LogP) is 3.54. The van der Waals surface area contributed by atoms with E-state index in [-0.39, 0.29) is 5.91 Å². The number of carbonyl (C=O) groups excluding carboxylic acids is 1. The third-order valence-electron chi connectivity index (χ3n) is 2.95. The quantitative estimate of drug-likeness (QED) is 0.535. The second-order valence-electron chi connectivity index (χ2n) is 4.14. The predicted molar refractivity (Wildman–Crippen MR) is 85.7 cm³/mol. The molecule has 2 aliphatic heterocycles. The molecule has 0 aliphatic carbocycles. The summed E-state index contributed by atoms with van der Waals surface area (Å²) in [6.07, 6.45) is 0. The summed E-state index contributed by atoms with van der Waals surface area (Å²) in [6.45, 7) is 0. The Kier molecular flexibility index (Phi) is 3.29. The fourth-order valence-electron chi connectivity index (χ4n) is 1.89. The molecule has 1 aromatic carbocycles. The molecule has 98 valence electrons. The van der Waals surface area contributed by atoms with Gasteiger partial charge in [0.05, 0.1) is 10.7 Å². The number of likely N-dealkylation sites (N-methyl/N-ethyl adjacent to an activating group) is 1. The summed E-state index contributed by atoms with van der Waals surface area (Å²) in [5.74, 6) is -0.0387. The molecular weight excluding hydrogens is 320 g/mol. The smallest absolute Gasteiger partial charge is 0.268 e. The topological polar surface area (TPSA) is 23.6 Å². The van der Waals surface area contributed by atoms with Crippen LogP contribution in [0.5, 0.6) is 0 Å². The van der Waals surface area contributed by atoms with Gasteiger partial charge < -0.3 is 4.90 Å². The highest BCUT2D eigenvalue weighted by Crippen LogP contribution is 2.50. The van der Waals surface area contributed by atoms with Crippen molar-refractivity contribution < 1.29 is 4.79 Å². The van der Waals surface area contributed by atoms with Gasteiger partial charge in [-0.2, -0.15) is 0 Å². The number of nitrogens with zero attached hydrogens (tertiary/aromatic N) is 2. The number of carbonyl (C=O) groups is 1. The summed E-state index contributed by atoms with van der Waals surface area (Å²) in [4.78, 5) is 17.4. The second kappa shape index (κ2) is 4.70. The fraction of sp³-hybridized carbons (Fsp3) is 0.167. The first-order valence-electron chi connectivity index (χ1n) is 5.44. The van der Waals surface area contributed by atoms with Crippen LogP contribution in [0.15, 0.2) is 33.0 Å². The van der Waals surface area contributed by atoms with E-state index in [4.69, 9.17) is 23.8 Å². The first-order chi connectivity index (χ1) is 8.99. The van der Waals surface area contributed by atoms with Crippen LogP contribution in [0.1, 0.15) is 0 Å². The fourth-order valence-corrected chi connectivity index (χ4v) is 4.54. The van der Waals surface area contributed by atoms with E-state index in [0.29, 0.717) is 14.2 Å². The van der Waals surface area contributed by atoms with Crippen LogP contribution in [0.25, 0.3) is 0 Å². The van der Waals surface area contributed by atoms with E-state index >= 15 is 0 Å². The van der Waals surface area contributed by atoms with Crippen molar-refractivity contribution in [2.75, 3.05) is 19.0 Å². The minimum Gasteiger partial charge on any atom is -0.337 e. The van der Waals surface area contributed by atoms with E-state index in [2.05, 4.69) is 0 Å². The summed E-state index contributed by atoms with van der Waals surface area (Å²) >= 11 is 14.1. The number of anilines is 1. The van der Waals surface area contributed by atoms with Gasteiger partial charge in [-0.1, -0.05) is 47.3 Å². The molecule has 0 unspecified atom stereocenters. The molecule has 0 aromatic heterocycles. The standard InChI is InChI=1S/C12H9ClN2OS3/c1-14-7-5-6(13)3-4-8(7)18-11(14)9-10(16)15(2)12(17)19-9/h3-5H,1-2H3. The number of thiocarbonyl (C=S) groups is 1. The van der Waals surface area contributed by atoms with E-state index in [1.54, 1.807) is 18.8 Å². The van der Waals surface area contributed by atoms with Crippen molar-refractivity contribution in [3.8, 4) is 0 Å². The zero-order valence-electron chi connectivity index (χ0n) is 10.1. The molecule has 1 fully saturated rings. The van der Waals surface area contributed by atoms with Crippen LogP contribution in [-0.4, -0.2) is 29.2 Å². The van der Waals surface area contributed by atoms with Crippen LogP contribution >= 0.6 is 47.3 Å². The number of halogens is 1. The Bertz CT molecular complexity index is 644. The molecule has 1 aromatic rings. The van der Waals surface area contributed by atoms with Gasteiger partial charge in [-0.15, -0.1) is 0 Å². The van der Waals surface area contributed by atoms with Crippen LogP contribution in [0.3, 0.4) is 0 Å². The van der Waals surface area contributed by atoms with Gasteiger partial charge in [-0.25, -0.2) is 0 Å². The Labute approximate surface area is 130 Å². The molecule has 2 heterocycles. The monoisotopic (exact) mass is 328 g/mol. The highest BCUT2D eigenvalue weighted by atomic mass is 35.5. The van der Waals surface area contributed by atoms with E-state index in [9.17, 15) is 4.79 Å². The third kappa shape index (κ3) is 2.07. The Balaban J connectivity index is 2.07. The van der Waals surface area contributed by atoms with Crippen LogP contribution in [-0.2, 0) is 4.79 Å². The molecule has 0 bridgehead atoms. The largest absolute Gasteiger partial charge is 0.337 e. The zero-order chi connectivity index (χ0) is 13.7. The van der Waals surface area contributed by atoms with Crippen LogP contribution in [0.2, 0.25) is 5.02 Å². The molecule has 1 amide bonds. The van der Waals surface area contributed by atoms with E-state index < -0.39 is 0 Å². The molecule has 1 saturated heterocycles. The van der Waals surface area contributed by atoms with Crippen molar-refractivity contribution in [1.29, 1.82) is 0 Å². The number of benzene rings is 1. The van der Waals surface area contributed by atoms with Crippen molar-refractivity contribution in [3.63, 3.8) is 0 Å². The highest BCUT2D eigenvalue weighted by Gasteiger charge is 2.36. The molecule has 7 heteroatoms. The molecule has 3 nitrogen and oxygen atoms in total. The Morgan fingerprint density at radius 3 is 2.58 bits per heavy atom. The maximum absolute atomic E-state index is 12.2. The van der Waals surface area contributed by atoms with Crippen LogP contribution in [0.4, 0.5) is 5.69 Å². The van der Waals surface area contributed by atoms with Crippen molar-refractivity contribution in [2.45, 2.75) is 4.90 Å². The van der Waals surface area contributed by atoms with Gasteiger partial charge in [0.1, 0.15) is 9.23 Å². The molecule has 2 aliphatic rings. The number of fused-ring (bicyclic) bond motifs is 1. The van der Waals surface area contributed by atoms with Gasteiger partial charge >= 0.3 is 0 Å². The minimum atomic E-state index is -0.0387. The summed E-state index contributed by atoms with van der Waals surface area (Å²) in [6, 6.07) is 5.73. The SMILES string of the molecule is CN1C(=O)C(=C2Sc3ccc(Cl)cc3N2C)SC1=S. The minimum absolute atomic E-state index is 0.0387. The van der Waals surface area contributed by atoms with Crippen molar-refractivity contribution in [3.05, 3.63) is 33.2 Å². The average Bonchev–Trinajstić information content (AvgIpc) is 2.83.